The minimum atomic E-state index is -2.42. The van der Waals surface area contributed by atoms with Crippen LogP contribution >= 0.6 is 35.0 Å². The number of nitrogens with zero attached hydrogens (tertiary/aromatic N) is 2. The number of hydrogen-bond donors (Lipinski definition) is 1. The first kappa shape index (κ1) is 44.7. The van der Waals surface area contributed by atoms with Crippen LogP contribution in [0.1, 0.15) is 93.4 Å². The van der Waals surface area contributed by atoms with Crippen molar-refractivity contribution < 1.29 is 36.6 Å². The monoisotopic (exact) mass is 843 g/mol. The molecule has 56 heavy (non-hydrogen) atoms. The number of carbonyl (C=O) groups is 1. The highest BCUT2D eigenvalue weighted by molar-refractivity contribution is 8.03. The van der Waals surface area contributed by atoms with Crippen LogP contribution in [0.4, 0.5) is 22.4 Å². The number of likely N-dealkylation sites (N-methyl/N-ethyl adjacent to an activating group) is 1. The zero-order chi connectivity index (χ0) is 40.5. The predicted molar refractivity (Wildman–Crippen MR) is 215 cm³/mol. The minimum Gasteiger partial charge on any atom is -0.488 e. The van der Waals surface area contributed by atoms with Gasteiger partial charge in [0.05, 0.1) is 0 Å². The third-order valence-corrected chi connectivity index (χ3v) is 13.2. The van der Waals surface area contributed by atoms with Crippen molar-refractivity contribution in [2.75, 3.05) is 39.6 Å². The lowest BCUT2D eigenvalue weighted by Crippen LogP contribution is -2.59. The summed E-state index contributed by atoms with van der Waals surface area (Å²) >= 11 is 11.0. The fraction of sp³-hybridized carbons (Fsp3) is 0.667. The first-order chi connectivity index (χ1) is 26.8. The van der Waals surface area contributed by atoms with Crippen LogP contribution in [0.3, 0.4) is 0 Å². The Morgan fingerprint density at radius 1 is 0.911 bits per heavy atom. The molecular formula is C42H55Cl2F4N3O4S. The predicted octanol–water partition coefficient (Wildman–Crippen LogP) is 10.5. The first-order valence-corrected chi connectivity index (χ1v) is 21.8. The van der Waals surface area contributed by atoms with E-state index < -0.39 is 37.1 Å². The Labute approximate surface area is 343 Å². The lowest BCUT2D eigenvalue weighted by atomic mass is 9.52. The number of thiocyanates is 1. The third-order valence-electron chi connectivity index (χ3n) is 12.8. The van der Waals surface area contributed by atoms with E-state index >= 15 is 0 Å². The lowest BCUT2D eigenvalue weighted by Gasteiger charge is -2.58. The molecule has 6 aliphatic rings. The Hall–Kier alpha value is -2.43. The number of thioether (sulfide) groups is 1. The molecule has 2 aromatic carbocycles. The molecule has 7 nitrogen and oxygen atoms in total. The zero-order valence-corrected chi connectivity index (χ0v) is 34.9. The smallest absolute Gasteiger partial charge is 0.405 e. The van der Waals surface area contributed by atoms with Crippen LogP contribution in [0.2, 0.25) is 0 Å². The number of carbonyl (C=O) groups excluding carboxylic acids is 1. The van der Waals surface area contributed by atoms with Crippen LogP contribution in [0.5, 0.6) is 11.5 Å². The van der Waals surface area contributed by atoms with Crippen LogP contribution in [0, 0.1) is 22.5 Å². The van der Waals surface area contributed by atoms with Crippen molar-refractivity contribution in [2.45, 2.75) is 125 Å². The van der Waals surface area contributed by atoms with Gasteiger partial charge in [0.25, 0.3) is 12.9 Å². The maximum atomic E-state index is 12.4. The zero-order valence-electron chi connectivity index (χ0n) is 32.5. The largest absolute Gasteiger partial charge is 0.488 e. The molecule has 1 N–H and O–H groups in total. The second-order valence-corrected chi connectivity index (χ2v) is 17.3. The number of halogens is 6. The second kappa shape index (κ2) is 20.5. The Bertz CT molecular complexity index is 1650. The molecule has 2 aliphatic heterocycles. The maximum Gasteiger partial charge on any atom is 0.405 e. The van der Waals surface area contributed by atoms with Crippen molar-refractivity contribution in [1.82, 2.24) is 10.2 Å². The molecule has 5 unspecified atom stereocenters. The Morgan fingerprint density at radius 2 is 1.45 bits per heavy atom. The molecule has 14 heteroatoms. The highest BCUT2D eigenvalue weighted by Crippen LogP contribution is 2.56. The lowest BCUT2D eigenvalue weighted by molar-refractivity contribution is 0.00259. The highest BCUT2D eigenvalue weighted by Gasteiger charge is 2.53. The fourth-order valence-corrected chi connectivity index (χ4v) is 11.0. The average molecular weight is 845 g/mol. The Balaban J connectivity index is 0.000000170. The van der Waals surface area contributed by atoms with Crippen molar-refractivity contribution in [2.24, 2.45) is 11.8 Å². The molecule has 2 saturated heterocycles. The normalized spacial score (nSPS) is 28.7. The van der Waals surface area contributed by atoms with E-state index in [1.807, 2.05) is 17.5 Å². The minimum absolute atomic E-state index is 0.256. The molecule has 2 saturated carbocycles. The van der Waals surface area contributed by atoms with E-state index in [4.69, 9.17) is 37.9 Å². The number of nitrogens with one attached hydrogen (secondary N) is 1. The molecule has 4 fully saturated rings. The quantitative estimate of drug-likeness (QED) is 0.128. The van der Waals surface area contributed by atoms with Gasteiger partial charge in [-0.3, -0.25) is 0 Å². The van der Waals surface area contributed by atoms with E-state index in [-0.39, 0.29) is 10.8 Å². The van der Waals surface area contributed by atoms with E-state index in [1.165, 1.54) is 93.4 Å². The SMILES string of the molecule is CC(Cl)OC(=O)Cl.CN1CC[C@@]23CCCCC2C1Cc1ccc(OCC(F)F)cc13.CSC#N.FC(F)COc1ccc2c(c1)[C@]13CCCCC1C(C2)NCC3. The third kappa shape index (κ3) is 10.6. The van der Waals surface area contributed by atoms with E-state index in [1.54, 1.807) is 6.26 Å². The van der Waals surface area contributed by atoms with Crippen molar-refractivity contribution in [1.29, 1.82) is 5.26 Å². The van der Waals surface area contributed by atoms with Gasteiger partial charge in [0.2, 0.25) is 0 Å². The van der Waals surface area contributed by atoms with Crippen molar-refractivity contribution in [3.8, 4) is 16.9 Å². The summed E-state index contributed by atoms with van der Waals surface area (Å²) in [5.41, 5.74) is 4.59. The molecule has 0 radical (unpaired) electrons. The number of ether oxygens (including phenoxy) is 3. The molecule has 2 heterocycles. The van der Waals surface area contributed by atoms with Crippen LogP contribution in [0.15, 0.2) is 36.4 Å². The van der Waals surface area contributed by atoms with Gasteiger partial charge in [0, 0.05) is 34.5 Å². The van der Waals surface area contributed by atoms with Crippen molar-refractivity contribution in [3.05, 3.63) is 58.7 Å². The van der Waals surface area contributed by atoms with Crippen molar-refractivity contribution in [3.63, 3.8) is 0 Å². The topological polar surface area (TPSA) is 83.8 Å². The average Bonchev–Trinajstić information content (AvgIpc) is 3.18. The molecule has 8 rings (SSSR count). The summed E-state index contributed by atoms with van der Waals surface area (Å²) in [4.78, 5) is 12.3. The maximum absolute atomic E-state index is 12.4. The second-order valence-electron chi connectivity index (χ2n) is 15.8. The summed E-state index contributed by atoms with van der Waals surface area (Å²) in [6.07, 6.45) is 11.7. The summed E-state index contributed by atoms with van der Waals surface area (Å²) in [6.45, 7) is 2.69. The number of piperidine rings is 2. The van der Waals surface area contributed by atoms with Gasteiger partial charge in [-0.15, -0.1) is 0 Å². The fourth-order valence-electron chi connectivity index (χ4n) is 10.7. The summed E-state index contributed by atoms with van der Waals surface area (Å²) in [6, 6.07) is 13.3. The van der Waals surface area contributed by atoms with Gasteiger partial charge in [0.1, 0.15) is 30.1 Å². The van der Waals surface area contributed by atoms with Gasteiger partial charge in [0.15, 0.2) is 5.56 Å². The Kier molecular flexibility index (Phi) is 16.4. The molecule has 0 amide bonds. The number of hydrogen-bond acceptors (Lipinski definition) is 8. The van der Waals surface area contributed by atoms with Gasteiger partial charge < -0.3 is 24.4 Å². The number of likely N-dealkylation sites (tertiary alicyclic amines) is 1. The number of benzene rings is 2. The van der Waals surface area contributed by atoms with Crippen LogP contribution in [-0.4, -0.2) is 80.4 Å². The molecular weight excluding hydrogens is 789 g/mol. The number of fused-ring (bicyclic) bond motifs is 2. The van der Waals surface area contributed by atoms with E-state index in [9.17, 15) is 22.4 Å². The van der Waals surface area contributed by atoms with Crippen LogP contribution in [0.25, 0.3) is 0 Å². The number of rotatable bonds is 7. The van der Waals surface area contributed by atoms with Gasteiger partial charge in [-0.1, -0.05) is 49.4 Å². The highest BCUT2D eigenvalue weighted by atomic mass is 35.5. The number of alkyl halides is 5. The summed E-state index contributed by atoms with van der Waals surface area (Å²) in [5, 5.41) is 13.1. The van der Waals surface area contributed by atoms with Crippen LogP contribution in [-0.2, 0) is 28.4 Å². The number of nitriles is 1. The van der Waals surface area contributed by atoms with Gasteiger partial charge in [-0.05, 0) is 155 Å². The van der Waals surface area contributed by atoms with Crippen molar-refractivity contribution >= 4 is 40.4 Å². The molecule has 4 aliphatic carbocycles. The molecule has 0 aromatic heterocycles. The standard InChI is InChI=1S/C19H25F2NO.C18H23F2NO.C3H4Cl2O2.C2H3NS/c1-22-9-8-19-7-3-2-4-15(19)17(22)10-13-5-6-14(11-16(13)19)23-12-18(20)21;19-17(20)11-22-13-5-4-12-9-16-14-3-1-2-6-18(14,7-8-21-16)15(12)10-13;1-2(4)7-3(5)6;1-4-2-3/h5-6,11,15,17-18H,2-4,7-10,12H2,1H3;4-5,10,14,16-17,21H,1-3,6-9,11H2;2H,1H3;1H3/t15?,17?,19-;14?,16?,18-;;/m00../s1. The summed E-state index contributed by atoms with van der Waals surface area (Å²) in [7, 11) is 2.26. The van der Waals surface area contributed by atoms with E-state index in [2.05, 4.69) is 46.3 Å². The first-order valence-electron chi connectivity index (χ1n) is 19.8. The molecule has 4 bridgehead atoms. The molecule has 7 atom stereocenters. The molecule has 310 valence electrons. The van der Waals surface area contributed by atoms with Gasteiger partial charge >= 0.3 is 5.43 Å². The van der Waals surface area contributed by atoms with Crippen LogP contribution < -0.4 is 14.8 Å². The van der Waals surface area contributed by atoms with Gasteiger partial charge in [-0.2, -0.15) is 5.26 Å². The van der Waals surface area contributed by atoms with Gasteiger partial charge in [-0.25, -0.2) is 22.4 Å². The summed E-state index contributed by atoms with van der Waals surface area (Å²) < 4.78 is 64.4. The van der Waals surface area contributed by atoms with E-state index in [0.29, 0.717) is 35.4 Å². The molecule has 0 spiro atoms. The summed E-state index contributed by atoms with van der Waals surface area (Å²) in [5.74, 6) is 2.63. The molecule has 2 aromatic rings. The van der Waals surface area contributed by atoms with E-state index in [0.717, 1.165) is 37.7 Å². The Morgan fingerprint density at radius 3 is 1.95 bits per heavy atom.